The summed E-state index contributed by atoms with van der Waals surface area (Å²) in [6.07, 6.45) is -1.48. The predicted molar refractivity (Wildman–Crippen MR) is 182 cm³/mol. The van der Waals surface area contributed by atoms with E-state index in [1.165, 1.54) is 26.0 Å². The number of aromatic nitrogens is 5. The van der Waals surface area contributed by atoms with Gasteiger partial charge >= 0.3 is 17.2 Å². The molecule has 0 saturated carbocycles. The second-order valence-electron chi connectivity index (χ2n) is 11.0. The number of nitrogen functional groups attached to an aromatic ring is 1. The largest absolute Gasteiger partial charge is 0.504 e. The van der Waals surface area contributed by atoms with Crippen LogP contribution in [-0.2, 0) is 19.2 Å². The Morgan fingerprint density at radius 2 is 1.85 bits per heavy atom. The van der Waals surface area contributed by atoms with E-state index in [0.717, 1.165) is 23.5 Å². The van der Waals surface area contributed by atoms with E-state index in [4.69, 9.17) is 10.6 Å². The van der Waals surface area contributed by atoms with Gasteiger partial charge in [0.05, 0.1) is 6.04 Å². The molecule has 1 aromatic carbocycles. The number of oxime groups is 1. The first-order chi connectivity index (χ1) is 24.6. The first-order valence-corrected chi connectivity index (χ1v) is 17.7. The number of carbonyl (C=O) groups excluding carboxylic acids is 2. The van der Waals surface area contributed by atoms with E-state index >= 15 is 0 Å². The highest BCUT2D eigenvalue weighted by atomic mass is 32.2. The van der Waals surface area contributed by atoms with Gasteiger partial charge in [0.15, 0.2) is 28.1 Å². The van der Waals surface area contributed by atoms with Crippen LogP contribution in [0.2, 0.25) is 0 Å². The molecular weight excluding hydrogens is 751 g/mol. The highest BCUT2D eigenvalue weighted by molar-refractivity contribution is 8.27. The second-order valence-corrected chi connectivity index (χ2v) is 14.8. The molecule has 3 aromatic heterocycles. The normalized spacial score (nSPS) is 19.1. The average molecular weight is 776 g/mol. The molecule has 9 N–H and O–H groups in total. The Bertz CT molecular complexity index is 2230. The number of hydrogen-bond acceptors (Lipinski definition) is 17. The standard InChI is InChI=1S/C28H25N9O12S3/c1-9-4-16(36-27(30-9)33-21(34-36)25(45)46)50-7-11-2-3-13-18(23(42)37(13)52(11)28(47)48)32-22(41)17(12-8-51-26(29)31-12)35-49-20(24(43)44)10-5-14(38)19(40)15(39)6-10/h4-6,8,13,18,20,38-40H,2-3,7H2,1H3,(H2,29,31)(H,32,41)(H,43,44)(H,45,46)(H,47,48)/t13-,18-,20?,52?/m1/s1. The average Bonchev–Trinajstić information content (AvgIpc) is 3.72. The number of phenols is 3. The molecule has 2 aliphatic heterocycles. The molecule has 0 aliphatic carbocycles. The van der Waals surface area contributed by atoms with Crippen molar-refractivity contribution in [2.24, 2.45) is 5.16 Å². The van der Waals surface area contributed by atoms with E-state index < -0.39 is 86.7 Å². The van der Waals surface area contributed by atoms with E-state index in [9.17, 15) is 54.6 Å². The number of benzene rings is 1. The van der Waals surface area contributed by atoms with Crippen molar-refractivity contribution in [1.29, 1.82) is 0 Å². The minimum atomic E-state index is -2.00. The number of aromatic hydroxyl groups is 3. The summed E-state index contributed by atoms with van der Waals surface area (Å²) in [5, 5.41) is 69.2. The first kappa shape index (κ1) is 35.8. The number of aromatic carboxylic acids is 1. The number of thioether (sulfide) groups is 1. The fraction of sp³-hybridized carbons (Fsp3) is 0.250. The Kier molecular flexibility index (Phi) is 9.61. The highest BCUT2D eigenvalue weighted by Gasteiger charge is 2.53. The zero-order valence-electron chi connectivity index (χ0n) is 26.2. The molecule has 0 radical (unpaired) electrons. The van der Waals surface area contributed by atoms with E-state index in [0.29, 0.717) is 15.6 Å². The minimum Gasteiger partial charge on any atom is -0.504 e. The molecule has 2 aliphatic rings. The van der Waals surface area contributed by atoms with E-state index in [1.54, 1.807) is 13.0 Å². The number of thiazole rings is 1. The minimum absolute atomic E-state index is 0.0112. The number of β-lactam (4-membered cyclic amide) rings is 1. The van der Waals surface area contributed by atoms with Crippen LogP contribution < -0.4 is 11.1 Å². The SMILES string of the molecule is Cc1cc(SCC2=S(C(=O)O)N3C(=O)[C@H](NC(=O)C(=NOC(C(=O)O)c4cc(O)c(O)c(O)c4)c4csc(N)n4)[C@H]3CC2)n2nc(C(=O)O)nc2n1. The molecule has 0 spiro atoms. The van der Waals surface area contributed by atoms with E-state index in [1.807, 2.05) is 0 Å². The number of nitrogens with one attached hydrogen (secondary N) is 1. The summed E-state index contributed by atoms with van der Waals surface area (Å²) in [5.74, 6) is -7.63. The van der Waals surface area contributed by atoms with Crippen molar-refractivity contribution in [2.45, 2.75) is 43.0 Å². The van der Waals surface area contributed by atoms with Crippen molar-refractivity contribution in [2.75, 3.05) is 11.5 Å². The predicted octanol–water partition coefficient (Wildman–Crippen LogP) is 1.15. The number of aryl methyl sites for hydroxylation is 1. The third-order valence-electron chi connectivity index (χ3n) is 7.64. The molecule has 1 saturated heterocycles. The number of hydrogen-bond donors (Lipinski definition) is 8. The summed E-state index contributed by atoms with van der Waals surface area (Å²) < 4.78 is 2.42. The molecule has 24 heteroatoms. The monoisotopic (exact) mass is 775 g/mol. The van der Waals surface area contributed by atoms with Gasteiger partial charge in [-0.15, -0.1) is 28.2 Å². The Balaban J connectivity index is 1.22. The summed E-state index contributed by atoms with van der Waals surface area (Å²) in [6, 6.07) is 1.33. The van der Waals surface area contributed by atoms with Crippen molar-refractivity contribution in [3.8, 4) is 17.2 Å². The number of phenolic OH excluding ortho intramolecular Hbond substituents is 3. The van der Waals surface area contributed by atoms with Gasteiger partial charge in [0.1, 0.15) is 16.8 Å². The number of amides is 2. The number of nitrogens with two attached hydrogens (primary N) is 1. The smallest absolute Gasteiger partial charge is 0.378 e. The first-order valence-electron chi connectivity index (χ1n) is 14.6. The molecule has 52 heavy (non-hydrogen) atoms. The van der Waals surface area contributed by atoms with E-state index in [-0.39, 0.29) is 40.8 Å². The van der Waals surface area contributed by atoms with Gasteiger partial charge in [0.2, 0.25) is 6.10 Å². The lowest BCUT2D eigenvalue weighted by Gasteiger charge is -2.50. The number of carboxylic acid groups (broad SMARTS) is 3. The molecule has 0 bridgehead atoms. The van der Waals surface area contributed by atoms with Crippen molar-refractivity contribution in [1.82, 2.24) is 34.2 Å². The van der Waals surface area contributed by atoms with Gasteiger partial charge < -0.3 is 46.5 Å². The number of fused-ring (bicyclic) bond motifs is 2. The zero-order valence-corrected chi connectivity index (χ0v) is 28.7. The number of anilines is 1. The Hall–Kier alpha value is -6.01. The Labute approximate surface area is 300 Å². The number of rotatable bonds is 11. The summed E-state index contributed by atoms with van der Waals surface area (Å²) in [6.45, 7) is 1.68. The number of carbonyl (C=O) groups is 5. The fourth-order valence-electron chi connectivity index (χ4n) is 5.31. The van der Waals surface area contributed by atoms with Crippen molar-refractivity contribution in [3.63, 3.8) is 0 Å². The Morgan fingerprint density at radius 1 is 1.13 bits per heavy atom. The topological polar surface area (TPSA) is 326 Å². The van der Waals surface area contributed by atoms with Crippen LogP contribution >= 0.6 is 33.8 Å². The summed E-state index contributed by atoms with van der Waals surface area (Å²) in [7, 11) is -1.70. The van der Waals surface area contributed by atoms with Gasteiger partial charge in [-0.05, 0) is 42.8 Å². The molecule has 5 heterocycles. The van der Waals surface area contributed by atoms with Crippen molar-refractivity contribution < 1.29 is 59.4 Å². The summed E-state index contributed by atoms with van der Waals surface area (Å²) >= 11 is 2.09. The molecule has 4 atom stereocenters. The molecule has 2 amide bonds. The maximum absolute atomic E-state index is 13.6. The second kappa shape index (κ2) is 14.0. The van der Waals surface area contributed by atoms with E-state index in [2.05, 4.69) is 30.5 Å². The summed E-state index contributed by atoms with van der Waals surface area (Å²) in [5.41, 5.74) is 5.16. The molecule has 2 unspecified atom stereocenters. The molecular formula is C28H25N9O12S3. The lowest BCUT2D eigenvalue weighted by atomic mass is 9.93. The van der Waals surface area contributed by atoms with Crippen LogP contribution in [0.3, 0.4) is 0 Å². The van der Waals surface area contributed by atoms with Crippen LogP contribution in [0.1, 0.15) is 46.5 Å². The quantitative estimate of drug-likeness (QED) is 0.0201. The molecule has 21 nitrogen and oxygen atoms in total. The lowest BCUT2D eigenvalue weighted by molar-refractivity contribution is -0.151. The highest BCUT2D eigenvalue weighted by Crippen LogP contribution is 2.43. The van der Waals surface area contributed by atoms with Crippen LogP contribution in [0.15, 0.2) is 33.8 Å². The maximum atomic E-state index is 13.6. The number of aliphatic carboxylic acids is 1. The van der Waals surface area contributed by atoms with Gasteiger partial charge in [-0.25, -0.2) is 24.4 Å². The van der Waals surface area contributed by atoms with Gasteiger partial charge in [0, 0.05) is 33.1 Å². The van der Waals surface area contributed by atoms with Gasteiger partial charge in [-0.2, -0.15) is 9.50 Å². The van der Waals surface area contributed by atoms with Crippen LogP contribution in [-0.4, -0.2) is 117 Å². The van der Waals surface area contributed by atoms with Crippen LogP contribution in [0.5, 0.6) is 17.2 Å². The molecule has 1 fully saturated rings. The van der Waals surface area contributed by atoms with Crippen molar-refractivity contribution in [3.05, 3.63) is 46.4 Å². The van der Waals surface area contributed by atoms with Crippen LogP contribution in [0.25, 0.3) is 5.78 Å². The third kappa shape index (κ3) is 6.72. The molecule has 6 rings (SSSR count). The molecule has 4 aromatic rings. The summed E-state index contributed by atoms with van der Waals surface area (Å²) in [4.78, 5) is 80.6. The van der Waals surface area contributed by atoms with Gasteiger partial charge in [-0.1, -0.05) is 5.16 Å². The number of carboxylic acids is 2. The van der Waals surface area contributed by atoms with Gasteiger partial charge in [-0.3, -0.25) is 13.9 Å². The molecule has 272 valence electrons. The fourth-order valence-corrected chi connectivity index (χ4v) is 9.23. The Morgan fingerprint density at radius 3 is 2.46 bits per heavy atom. The zero-order chi connectivity index (χ0) is 37.6. The van der Waals surface area contributed by atoms with Gasteiger partial charge in [0.25, 0.3) is 23.4 Å². The number of nitrogens with zero attached hydrogens (tertiary/aromatic N) is 7. The van der Waals surface area contributed by atoms with Crippen LogP contribution in [0.4, 0.5) is 9.93 Å². The van der Waals surface area contributed by atoms with Crippen molar-refractivity contribution >= 4 is 84.3 Å². The third-order valence-corrected chi connectivity index (χ3v) is 11.6. The maximum Gasteiger partial charge on any atom is 0.378 e. The van der Waals surface area contributed by atoms with Crippen LogP contribution in [0, 0.1) is 6.92 Å². The lowest BCUT2D eigenvalue weighted by Crippen LogP contribution is -2.70.